The van der Waals surface area contributed by atoms with Crippen LogP contribution in [0.25, 0.3) is 0 Å². The van der Waals surface area contributed by atoms with Crippen molar-refractivity contribution in [1.82, 2.24) is 5.32 Å². The normalized spacial score (nSPS) is 39.3. The van der Waals surface area contributed by atoms with E-state index in [4.69, 9.17) is 9.47 Å². The predicted octanol–water partition coefficient (Wildman–Crippen LogP) is 3.37. The van der Waals surface area contributed by atoms with Crippen molar-refractivity contribution in [2.75, 3.05) is 13.2 Å². The summed E-state index contributed by atoms with van der Waals surface area (Å²) in [5.74, 6) is 1.30. The van der Waals surface area contributed by atoms with Crippen LogP contribution in [0.3, 0.4) is 0 Å². The molecule has 0 aromatic carbocycles. The highest BCUT2D eigenvalue weighted by Crippen LogP contribution is 2.36. The second-order valence-corrected chi connectivity index (χ2v) is 6.71. The maximum absolute atomic E-state index is 6.03. The molecule has 20 heavy (non-hydrogen) atoms. The molecule has 0 aromatic rings. The number of nitrogens with one attached hydrogen (secondary N) is 1. The van der Waals surface area contributed by atoms with E-state index in [2.05, 4.69) is 33.0 Å². The van der Waals surface area contributed by atoms with Crippen molar-refractivity contribution in [3.63, 3.8) is 0 Å². The fourth-order valence-corrected chi connectivity index (χ4v) is 4.12. The lowest BCUT2D eigenvalue weighted by molar-refractivity contribution is 0.0468. The van der Waals surface area contributed by atoms with Gasteiger partial charge in [-0.15, -0.1) is 0 Å². The number of ether oxygens (including phenoxy) is 2. The highest BCUT2D eigenvalue weighted by molar-refractivity contribution is 4.91. The van der Waals surface area contributed by atoms with E-state index in [0.29, 0.717) is 36.2 Å². The Morgan fingerprint density at radius 1 is 1.20 bits per heavy atom. The van der Waals surface area contributed by atoms with E-state index in [1.165, 1.54) is 32.1 Å². The Bertz CT molecular complexity index is 278. The van der Waals surface area contributed by atoms with Gasteiger partial charge >= 0.3 is 0 Å². The molecule has 0 saturated carbocycles. The van der Waals surface area contributed by atoms with Crippen LogP contribution in [0.15, 0.2) is 0 Å². The molecule has 1 N–H and O–H groups in total. The Hall–Kier alpha value is -0.120. The molecule has 2 aliphatic rings. The third-order valence-corrected chi connectivity index (χ3v) is 5.32. The van der Waals surface area contributed by atoms with Gasteiger partial charge in [0.25, 0.3) is 0 Å². The van der Waals surface area contributed by atoms with Crippen molar-refractivity contribution in [3.05, 3.63) is 0 Å². The van der Waals surface area contributed by atoms with Crippen LogP contribution in [0.4, 0.5) is 0 Å². The molecule has 6 atom stereocenters. The van der Waals surface area contributed by atoms with E-state index in [1.807, 2.05) is 0 Å². The lowest BCUT2D eigenvalue weighted by Gasteiger charge is -2.30. The van der Waals surface area contributed by atoms with Gasteiger partial charge in [0, 0.05) is 18.6 Å². The minimum Gasteiger partial charge on any atom is -0.378 e. The van der Waals surface area contributed by atoms with Crippen LogP contribution >= 0.6 is 0 Å². The van der Waals surface area contributed by atoms with Crippen molar-refractivity contribution >= 4 is 0 Å². The van der Waals surface area contributed by atoms with Gasteiger partial charge in [-0.3, -0.25) is 0 Å². The summed E-state index contributed by atoms with van der Waals surface area (Å²) in [6.07, 6.45) is 7.59. The molecule has 2 fully saturated rings. The molecule has 0 amide bonds. The van der Waals surface area contributed by atoms with Crippen LogP contribution < -0.4 is 5.32 Å². The Morgan fingerprint density at radius 3 is 2.55 bits per heavy atom. The van der Waals surface area contributed by atoms with Gasteiger partial charge in [-0.2, -0.15) is 0 Å². The monoisotopic (exact) mass is 283 g/mol. The molecule has 2 saturated heterocycles. The molecule has 0 aromatic heterocycles. The number of hydrogen-bond acceptors (Lipinski definition) is 3. The van der Waals surface area contributed by atoms with E-state index in [-0.39, 0.29) is 0 Å². The third kappa shape index (κ3) is 3.96. The largest absolute Gasteiger partial charge is 0.378 e. The molecular weight excluding hydrogens is 250 g/mol. The molecule has 3 heteroatoms. The zero-order chi connectivity index (χ0) is 14.5. The molecule has 0 bridgehead atoms. The molecular formula is C17H33NO2. The topological polar surface area (TPSA) is 30.5 Å². The molecule has 0 spiro atoms. The average molecular weight is 283 g/mol. The highest BCUT2D eigenvalue weighted by Gasteiger charge is 2.41. The molecule has 2 rings (SSSR count). The van der Waals surface area contributed by atoms with Crippen LogP contribution in [0, 0.1) is 11.8 Å². The first-order valence-corrected chi connectivity index (χ1v) is 8.64. The molecule has 3 nitrogen and oxygen atoms in total. The minimum atomic E-state index is 0.381. The Morgan fingerprint density at radius 2 is 2.00 bits per heavy atom. The quantitative estimate of drug-likeness (QED) is 0.777. The van der Waals surface area contributed by atoms with Crippen molar-refractivity contribution in [2.45, 2.75) is 84.2 Å². The average Bonchev–Trinajstić information content (AvgIpc) is 2.99. The smallest absolute Gasteiger partial charge is 0.0597 e. The second-order valence-electron chi connectivity index (χ2n) is 6.71. The van der Waals surface area contributed by atoms with Crippen LogP contribution in [0.1, 0.15) is 59.8 Å². The van der Waals surface area contributed by atoms with E-state index in [1.54, 1.807) is 0 Å². The van der Waals surface area contributed by atoms with E-state index in [0.717, 1.165) is 13.2 Å². The van der Waals surface area contributed by atoms with Gasteiger partial charge < -0.3 is 14.8 Å². The van der Waals surface area contributed by atoms with Crippen LogP contribution in [-0.2, 0) is 9.47 Å². The molecule has 0 aliphatic carbocycles. The molecule has 2 heterocycles. The van der Waals surface area contributed by atoms with Crippen molar-refractivity contribution in [3.8, 4) is 0 Å². The summed E-state index contributed by atoms with van der Waals surface area (Å²) >= 11 is 0. The fourth-order valence-electron chi connectivity index (χ4n) is 4.12. The first-order chi connectivity index (χ1) is 9.63. The van der Waals surface area contributed by atoms with Gasteiger partial charge in [-0.05, 0) is 58.4 Å². The Kier molecular flexibility index (Phi) is 6.31. The van der Waals surface area contributed by atoms with Gasteiger partial charge in [0.2, 0.25) is 0 Å². The zero-order valence-electron chi connectivity index (χ0n) is 13.7. The molecule has 6 unspecified atom stereocenters. The summed E-state index contributed by atoms with van der Waals surface area (Å²) in [7, 11) is 0. The van der Waals surface area contributed by atoms with Gasteiger partial charge in [0.05, 0.1) is 18.3 Å². The minimum absolute atomic E-state index is 0.381. The van der Waals surface area contributed by atoms with Crippen LogP contribution in [-0.4, -0.2) is 37.5 Å². The second kappa shape index (κ2) is 7.77. The van der Waals surface area contributed by atoms with E-state index >= 15 is 0 Å². The maximum Gasteiger partial charge on any atom is 0.0597 e. The summed E-state index contributed by atoms with van der Waals surface area (Å²) < 4.78 is 11.8. The van der Waals surface area contributed by atoms with E-state index < -0.39 is 0 Å². The predicted molar refractivity (Wildman–Crippen MR) is 83.0 cm³/mol. The van der Waals surface area contributed by atoms with Gasteiger partial charge in [-0.25, -0.2) is 0 Å². The third-order valence-electron chi connectivity index (χ3n) is 5.32. The van der Waals surface area contributed by atoms with Crippen LogP contribution in [0.5, 0.6) is 0 Å². The highest BCUT2D eigenvalue weighted by atomic mass is 16.5. The van der Waals surface area contributed by atoms with Gasteiger partial charge in [0.1, 0.15) is 0 Å². The molecule has 0 radical (unpaired) electrons. The van der Waals surface area contributed by atoms with Crippen molar-refractivity contribution in [1.29, 1.82) is 0 Å². The maximum atomic E-state index is 6.03. The standard InChI is InChI=1S/C17H33NO2/c1-5-18-16(10-6-8-15-9-7-11-19-15)17-12(2)13(3)20-14(17)4/h12-18H,5-11H2,1-4H3. The fraction of sp³-hybridized carbons (Fsp3) is 1.00. The number of hydrogen-bond donors (Lipinski definition) is 1. The van der Waals surface area contributed by atoms with Crippen molar-refractivity contribution in [2.24, 2.45) is 11.8 Å². The summed E-state index contributed by atoms with van der Waals surface area (Å²) in [5.41, 5.74) is 0. The van der Waals surface area contributed by atoms with Crippen molar-refractivity contribution < 1.29 is 9.47 Å². The first-order valence-electron chi connectivity index (χ1n) is 8.64. The van der Waals surface area contributed by atoms with Gasteiger partial charge in [-0.1, -0.05) is 13.8 Å². The summed E-state index contributed by atoms with van der Waals surface area (Å²) in [4.78, 5) is 0. The summed E-state index contributed by atoms with van der Waals surface area (Å²) in [6, 6.07) is 0.594. The zero-order valence-corrected chi connectivity index (χ0v) is 13.7. The number of rotatable bonds is 7. The van der Waals surface area contributed by atoms with Crippen LogP contribution in [0.2, 0.25) is 0 Å². The Balaban J connectivity index is 1.82. The summed E-state index contributed by atoms with van der Waals surface area (Å²) in [5, 5.41) is 3.71. The molecule has 2 aliphatic heterocycles. The first kappa shape index (κ1) is 16.3. The lowest BCUT2D eigenvalue weighted by Crippen LogP contribution is -2.42. The molecule has 118 valence electrons. The Labute approximate surface area is 124 Å². The van der Waals surface area contributed by atoms with Gasteiger partial charge in [0.15, 0.2) is 0 Å². The van der Waals surface area contributed by atoms with E-state index in [9.17, 15) is 0 Å². The summed E-state index contributed by atoms with van der Waals surface area (Å²) in [6.45, 7) is 11.1. The lowest BCUT2D eigenvalue weighted by atomic mass is 9.81. The SMILES string of the molecule is CCNC(CCCC1CCCO1)C1C(C)OC(C)C1C.